The summed E-state index contributed by atoms with van der Waals surface area (Å²) in [5.41, 5.74) is 0. The Morgan fingerprint density at radius 1 is 0.875 bits per heavy atom. The fourth-order valence-electron chi connectivity index (χ4n) is 2.57. The first-order chi connectivity index (χ1) is 11.7. The molecule has 0 fully saturated rings. The Balaban J connectivity index is 1.61. The van der Waals surface area contributed by atoms with Crippen LogP contribution in [0.5, 0.6) is 0 Å². The van der Waals surface area contributed by atoms with Gasteiger partial charge in [0.15, 0.2) is 11.5 Å². The van der Waals surface area contributed by atoms with E-state index in [4.69, 9.17) is 28.4 Å². The normalized spacial score (nSPS) is 17.5. The zero-order chi connectivity index (χ0) is 17.2. The summed E-state index contributed by atoms with van der Waals surface area (Å²) in [7, 11) is 3.25. The molecule has 138 valence electrons. The number of ether oxygens (including phenoxy) is 6. The highest BCUT2D eigenvalue weighted by Crippen LogP contribution is 2.22. The Labute approximate surface area is 143 Å². The molecule has 0 bridgehead atoms. The largest absolute Gasteiger partial charge is 0.494 e. The molecule has 0 amide bonds. The van der Waals surface area contributed by atoms with Crippen LogP contribution in [0.2, 0.25) is 0 Å². The van der Waals surface area contributed by atoms with Crippen molar-refractivity contribution in [1.82, 2.24) is 0 Å². The summed E-state index contributed by atoms with van der Waals surface area (Å²) in [6.45, 7) is 3.01. The monoisotopic (exact) mass is 344 g/mol. The Hall–Kier alpha value is -1.44. The van der Waals surface area contributed by atoms with Crippen LogP contribution in [0.4, 0.5) is 0 Å². The summed E-state index contributed by atoms with van der Waals surface area (Å²) in [6.07, 6.45) is 2.15. The second-order valence-electron chi connectivity index (χ2n) is 5.68. The number of hydrogen-bond donors (Lipinski definition) is 1. The average molecular weight is 344 g/mol. The molecule has 0 radical (unpaired) electrons. The fraction of sp³-hybridized carbons (Fsp3) is 0.765. The summed E-state index contributed by atoms with van der Waals surface area (Å²) >= 11 is 0. The van der Waals surface area contributed by atoms with Gasteiger partial charge in [0, 0.05) is 39.9 Å². The summed E-state index contributed by atoms with van der Waals surface area (Å²) in [5.74, 6) is 3.18. The van der Waals surface area contributed by atoms with E-state index in [9.17, 15) is 5.11 Å². The van der Waals surface area contributed by atoms with Gasteiger partial charge < -0.3 is 33.5 Å². The van der Waals surface area contributed by atoms with Crippen LogP contribution in [0.1, 0.15) is 25.7 Å². The van der Waals surface area contributed by atoms with E-state index in [1.807, 2.05) is 0 Å². The van der Waals surface area contributed by atoms with Gasteiger partial charge in [-0.25, -0.2) is 0 Å². The molecule has 24 heavy (non-hydrogen) atoms. The number of aliphatic hydroxyl groups is 1. The second kappa shape index (κ2) is 10.4. The van der Waals surface area contributed by atoms with Gasteiger partial charge in [0.2, 0.25) is 0 Å². The molecule has 0 spiro atoms. The SMILES string of the molecule is COCC1=C(OCCC(O)CCOC2=C(COC)OCC2)CCO1. The minimum atomic E-state index is -0.465. The lowest BCUT2D eigenvalue weighted by Crippen LogP contribution is -2.14. The first-order valence-electron chi connectivity index (χ1n) is 8.35. The molecular formula is C17H28O7. The Kier molecular flexibility index (Phi) is 8.21. The third-order valence-electron chi connectivity index (χ3n) is 3.84. The van der Waals surface area contributed by atoms with E-state index in [1.165, 1.54) is 0 Å². The predicted octanol–water partition coefficient (Wildman–Crippen LogP) is 1.72. The molecule has 2 rings (SSSR count). The van der Waals surface area contributed by atoms with E-state index in [2.05, 4.69) is 0 Å². The molecule has 1 N–H and O–H groups in total. The molecule has 7 nitrogen and oxygen atoms in total. The Morgan fingerprint density at radius 3 is 1.75 bits per heavy atom. The second-order valence-corrected chi connectivity index (χ2v) is 5.68. The third kappa shape index (κ3) is 5.89. The van der Waals surface area contributed by atoms with Gasteiger partial charge in [-0.05, 0) is 0 Å². The summed E-state index contributed by atoms with van der Waals surface area (Å²) in [5, 5.41) is 10.0. The van der Waals surface area contributed by atoms with Crippen molar-refractivity contribution in [3.05, 3.63) is 23.0 Å². The van der Waals surface area contributed by atoms with E-state index in [0.717, 1.165) is 35.9 Å². The first-order valence-corrected chi connectivity index (χ1v) is 8.35. The van der Waals surface area contributed by atoms with Crippen LogP contribution < -0.4 is 0 Å². The number of hydrogen-bond acceptors (Lipinski definition) is 7. The molecule has 0 saturated heterocycles. The maximum atomic E-state index is 10.0. The molecular weight excluding hydrogens is 316 g/mol. The molecule has 0 aromatic heterocycles. The first kappa shape index (κ1) is 18.9. The van der Waals surface area contributed by atoms with Crippen molar-refractivity contribution >= 4 is 0 Å². The third-order valence-corrected chi connectivity index (χ3v) is 3.84. The maximum Gasteiger partial charge on any atom is 0.159 e. The van der Waals surface area contributed by atoms with Crippen molar-refractivity contribution in [2.75, 3.05) is 53.9 Å². The molecule has 7 heteroatoms. The van der Waals surface area contributed by atoms with Gasteiger partial charge in [0.1, 0.15) is 24.7 Å². The molecule has 0 unspecified atom stereocenters. The molecule has 2 heterocycles. The van der Waals surface area contributed by atoms with Crippen LogP contribution >= 0.6 is 0 Å². The van der Waals surface area contributed by atoms with Gasteiger partial charge in [-0.3, -0.25) is 0 Å². The van der Waals surface area contributed by atoms with E-state index < -0.39 is 6.10 Å². The van der Waals surface area contributed by atoms with Crippen LogP contribution in [-0.4, -0.2) is 65.1 Å². The number of rotatable bonds is 12. The zero-order valence-electron chi connectivity index (χ0n) is 14.5. The van der Waals surface area contributed by atoms with E-state index in [-0.39, 0.29) is 0 Å². The number of aliphatic hydroxyl groups excluding tert-OH is 1. The van der Waals surface area contributed by atoms with Gasteiger partial charge in [0.05, 0.1) is 32.5 Å². The highest BCUT2D eigenvalue weighted by molar-refractivity contribution is 5.07. The topological polar surface area (TPSA) is 75.6 Å². The van der Waals surface area contributed by atoms with Crippen molar-refractivity contribution in [2.24, 2.45) is 0 Å². The standard InChI is InChI=1S/C17H28O7/c1-19-11-16-14(5-9-23-16)21-7-3-13(18)4-8-22-15-6-10-24-17(15)12-20-2/h13,18H,3-12H2,1-2H3. The van der Waals surface area contributed by atoms with E-state index in [0.29, 0.717) is 52.5 Å². The average Bonchev–Trinajstić information content (AvgIpc) is 3.18. The van der Waals surface area contributed by atoms with Crippen LogP contribution in [0, 0.1) is 0 Å². The maximum absolute atomic E-state index is 10.0. The van der Waals surface area contributed by atoms with Crippen LogP contribution in [-0.2, 0) is 28.4 Å². The zero-order valence-corrected chi connectivity index (χ0v) is 14.5. The lowest BCUT2D eigenvalue weighted by Gasteiger charge is -2.14. The van der Waals surface area contributed by atoms with E-state index >= 15 is 0 Å². The minimum absolute atomic E-state index is 0.423. The van der Waals surface area contributed by atoms with E-state index in [1.54, 1.807) is 14.2 Å². The highest BCUT2D eigenvalue weighted by Gasteiger charge is 2.19. The molecule has 0 atom stereocenters. The van der Waals surface area contributed by atoms with Gasteiger partial charge in [-0.15, -0.1) is 0 Å². The van der Waals surface area contributed by atoms with Crippen molar-refractivity contribution in [3.63, 3.8) is 0 Å². The van der Waals surface area contributed by atoms with Gasteiger partial charge in [-0.2, -0.15) is 0 Å². The van der Waals surface area contributed by atoms with Crippen molar-refractivity contribution in [1.29, 1.82) is 0 Å². The quantitative estimate of drug-likeness (QED) is 0.578. The molecule has 2 aliphatic heterocycles. The molecule has 2 aliphatic rings. The summed E-state index contributed by atoms with van der Waals surface area (Å²) in [6, 6.07) is 0. The highest BCUT2D eigenvalue weighted by atomic mass is 16.6. The molecule has 0 aromatic carbocycles. The minimum Gasteiger partial charge on any atom is -0.494 e. The van der Waals surface area contributed by atoms with Gasteiger partial charge in [0.25, 0.3) is 0 Å². The lowest BCUT2D eigenvalue weighted by molar-refractivity contribution is 0.0783. The Bertz CT molecular complexity index is 404. The van der Waals surface area contributed by atoms with Crippen molar-refractivity contribution in [2.45, 2.75) is 31.8 Å². The number of methoxy groups -OCH3 is 2. The summed E-state index contributed by atoms with van der Waals surface area (Å²) in [4.78, 5) is 0. The van der Waals surface area contributed by atoms with Crippen LogP contribution in [0.3, 0.4) is 0 Å². The molecule has 0 aromatic rings. The summed E-state index contributed by atoms with van der Waals surface area (Å²) < 4.78 is 32.4. The van der Waals surface area contributed by atoms with Gasteiger partial charge in [-0.1, -0.05) is 0 Å². The van der Waals surface area contributed by atoms with Crippen LogP contribution in [0.25, 0.3) is 0 Å². The van der Waals surface area contributed by atoms with Crippen molar-refractivity contribution in [3.8, 4) is 0 Å². The van der Waals surface area contributed by atoms with Gasteiger partial charge >= 0.3 is 0 Å². The Morgan fingerprint density at radius 2 is 1.33 bits per heavy atom. The van der Waals surface area contributed by atoms with Crippen molar-refractivity contribution < 1.29 is 33.5 Å². The lowest BCUT2D eigenvalue weighted by atomic mass is 10.2. The fourth-order valence-corrected chi connectivity index (χ4v) is 2.57. The molecule has 0 aliphatic carbocycles. The predicted molar refractivity (Wildman–Crippen MR) is 86.1 cm³/mol. The smallest absolute Gasteiger partial charge is 0.159 e. The molecule has 0 saturated carbocycles. The van der Waals surface area contributed by atoms with Crippen LogP contribution in [0.15, 0.2) is 23.0 Å².